The lowest BCUT2D eigenvalue weighted by atomic mass is 9.78. The normalized spacial score (nSPS) is 25.5. The number of rotatable bonds is 2. The summed E-state index contributed by atoms with van der Waals surface area (Å²) in [5.74, 6) is 0. The SMILES string of the molecule is CC1(C)C(C=Cc2ccccc2)ON2c3ccccc3CC21. The van der Waals surface area contributed by atoms with Crippen LogP contribution >= 0.6 is 0 Å². The van der Waals surface area contributed by atoms with Crippen molar-refractivity contribution in [2.45, 2.75) is 32.4 Å². The minimum atomic E-state index is 0.0876. The van der Waals surface area contributed by atoms with Gasteiger partial charge in [0.05, 0.1) is 11.7 Å². The molecule has 2 heteroatoms. The fraction of sp³-hybridized carbons (Fsp3) is 0.300. The molecule has 2 heterocycles. The van der Waals surface area contributed by atoms with E-state index in [4.69, 9.17) is 4.84 Å². The van der Waals surface area contributed by atoms with E-state index in [-0.39, 0.29) is 11.5 Å². The van der Waals surface area contributed by atoms with Crippen LogP contribution in [0.15, 0.2) is 60.7 Å². The molecule has 0 amide bonds. The van der Waals surface area contributed by atoms with Crippen molar-refractivity contribution in [2.75, 3.05) is 5.06 Å². The van der Waals surface area contributed by atoms with Gasteiger partial charge in [-0.05, 0) is 23.6 Å². The van der Waals surface area contributed by atoms with Crippen LogP contribution in [0.2, 0.25) is 0 Å². The van der Waals surface area contributed by atoms with Gasteiger partial charge in [-0.2, -0.15) is 0 Å². The van der Waals surface area contributed by atoms with E-state index in [1.54, 1.807) is 0 Å². The van der Waals surface area contributed by atoms with Crippen molar-refractivity contribution in [3.05, 3.63) is 71.8 Å². The van der Waals surface area contributed by atoms with Crippen molar-refractivity contribution >= 4 is 11.8 Å². The van der Waals surface area contributed by atoms with Crippen molar-refractivity contribution in [3.63, 3.8) is 0 Å². The van der Waals surface area contributed by atoms with E-state index >= 15 is 0 Å². The van der Waals surface area contributed by atoms with Crippen molar-refractivity contribution in [3.8, 4) is 0 Å². The summed E-state index contributed by atoms with van der Waals surface area (Å²) in [6.07, 6.45) is 5.54. The van der Waals surface area contributed by atoms with E-state index in [2.05, 4.69) is 79.6 Å². The van der Waals surface area contributed by atoms with Crippen LogP contribution in [0.5, 0.6) is 0 Å². The molecule has 2 aliphatic rings. The third-order valence-corrected chi connectivity index (χ3v) is 5.01. The van der Waals surface area contributed by atoms with Gasteiger partial charge in [-0.15, -0.1) is 0 Å². The summed E-state index contributed by atoms with van der Waals surface area (Å²) < 4.78 is 0. The van der Waals surface area contributed by atoms with Crippen LogP contribution in [0.1, 0.15) is 25.0 Å². The molecular weight excluding hydrogens is 270 g/mol. The fourth-order valence-corrected chi connectivity index (χ4v) is 3.55. The van der Waals surface area contributed by atoms with Gasteiger partial charge in [0.2, 0.25) is 0 Å². The number of nitrogens with zero attached hydrogens (tertiary/aromatic N) is 1. The molecular formula is C20H21NO. The third-order valence-electron chi connectivity index (χ3n) is 5.01. The van der Waals surface area contributed by atoms with Crippen LogP contribution < -0.4 is 5.06 Å². The average Bonchev–Trinajstić information content (AvgIpc) is 3.02. The Morgan fingerprint density at radius 3 is 2.59 bits per heavy atom. The second kappa shape index (κ2) is 4.99. The summed E-state index contributed by atoms with van der Waals surface area (Å²) in [7, 11) is 0. The first-order valence-electron chi connectivity index (χ1n) is 7.93. The molecule has 1 fully saturated rings. The molecule has 0 aromatic heterocycles. The maximum atomic E-state index is 6.30. The quantitative estimate of drug-likeness (QED) is 0.809. The van der Waals surface area contributed by atoms with Crippen LogP contribution in [0.25, 0.3) is 6.08 Å². The van der Waals surface area contributed by atoms with Crippen LogP contribution in [0.4, 0.5) is 5.69 Å². The lowest BCUT2D eigenvalue weighted by molar-refractivity contribution is 0.0849. The van der Waals surface area contributed by atoms with Crippen molar-refractivity contribution < 1.29 is 4.84 Å². The monoisotopic (exact) mass is 291 g/mol. The predicted molar refractivity (Wildman–Crippen MR) is 90.5 cm³/mol. The molecule has 0 radical (unpaired) electrons. The Labute approximate surface area is 132 Å². The highest BCUT2D eigenvalue weighted by Gasteiger charge is 2.51. The topological polar surface area (TPSA) is 12.5 Å². The predicted octanol–water partition coefficient (Wildman–Crippen LogP) is 4.47. The first-order valence-corrected chi connectivity index (χ1v) is 7.93. The Kier molecular flexibility index (Phi) is 3.08. The molecule has 0 aliphatic carbocycles. The second-order valence-corrected chi connectivity index (χ2v) is 6.79. The molecule has 2 aromatic carbocycles. The summed E-state index contributed by atoms with van der Waals surface area (Å²) in [5.41, 5.74) is 3.93. The molecule has 1 saturated heterocycles. The number of hydrogen-bond acceptors (Lipinski definition) is 2. The maximum absolute atomic E-state index is 6.30. The second-order valence-electron chi connectivity index (χ2n) is 6.79. The first-order chi connectivity index (χ1) is 10.7. The molecule has 0 spiro atoms. The van der Waals surface area contributed by atoms with E-state index in [0.717, 1.165) is 6.42 Å². The highest BCUT2D eigenvalue weighted by atomic mass is 16.7. The molecule has 2 nitrogen and oxygen atoms in total. The number of anilines is 1. The summed E-state index contributed by atoms with van der Waals surface area (Å²) in [5, 5.41) is 2.13. The molecule has 4 rings (SSSR count). The zero-order valence-electron chi connectivity index (χ0n) is 13.1. The van der Waals surface area contributed by atoms with Gasteiger partial charge in [0.1, 0.15) is 6.10 Å². The minimum absolute atomic E-state index is 0.0876. The first kappa shape index (κ1) is 13.6. The molecule has 0 saturated carbocycles. The molecule has 2 aromatic rings. The summed E-state index contributed by atoms with van der Waals surface area (Å²) in [6.45, 7) is 4.62. The molecule has 2 unspecified atom stereocenters. The Morgan fingerprint density at radius 1 is 1.05 bits per heavy atom. The summed E-state index contributed by atoms with van der Waals surface area (Å²) in [6, 6.07) is 19.4. The van der Waals surface area contributed by atoms with Crippen molar-refractivity contribution in [1.82, 2.24) is 0 Å². The van der Waals surface area contributed by atoms with Gasteiger partial charge in [-0.3, -0.25) is 4.84 Å². The Balaban J connectivity index is 1.61. The third kappa shape index (κ3) is 2.06. The van der Waals surface area contributed by atoms with Crippen LogP contribution in [-0.2, 0) is 11.3 Å². The van der Waals surface area contributed by atoms with Gasteiger partial charge in [-0.25, -0.2) is 5.06 Å². The standard InChI is InChI=1S/C20H21NO/c1-20(2)18-14-16-10-6-7-11-17(16)21(18)22-19(20)13-12-15-8-4-3-5-9-15/h3-13,18-19H,14H2,1-2H3. The van der Waals surface area contributed by atoms with Gasteiger partial charge in [0.15, 0.2) is 0 Å². The molecule has 22 heavy (non-hydrogen) atoms. The average molecular weight is 291 g/mol. The van der Waals surface area contributed by atoms with E-state index in [1.807, 2.05) is 6.07 Å². The minimum Gasteiger partial charge on any atom is -0.265 e. The van der Waals surface area contributed by atoms with Gasteiger partial charge in [0, 0.05) is 5.41 Å². The van der Waals surface area contributed by atoms with Gasteiger partial charge >= 0.3 is 0 Å². The molecule has 112 valence electrons. The maximum Gasteiger partial charge on any atom is 0.111 e. The summed E-state index contributed by atoms with van der Waals surface area (Å²) in [4.78, 5) is 6.30. The Bertz CT molecular complexity index is 705. The zero-order chi connectivity index (χ0) is 15.2. The number of fused-ring (bicyclic) bond motifs is 3. The van der Waals surface area contributed by atoms with Crippen LogP contribution in [0.3, 0.4) is 0 Å². The van der Waals surface area contributed by atoms with Crippen LogP contribution in [-0.4, -0.2) is 12.1 Å². The van der Waals surface area contributed by atoms with Gasteiger partial charge in [-0.1, -0.05) is 74.5 Å². The zero-order valence-corrected chi connectivity index (χ0v) is 13.1. The largest absolute Gasteiger partial charge is 0.265 e. The number of hydroxylamine groups is 1. The van der Waals surface area contributed by atoms with E-state index in [9.17, 15) is 0 Å². The van der Waals surface area contributed by atoms with E-state index < -0.39 is 0 Å². The molecule has 0 bridgehead atoms. The molecule has 2 aliphatic heterocycles. The highest BCUT2D eigenvalue weighted by molar-refractivity contribution is 5.59. The molecule has 0 N–H and O–H groups in total. The number of benzene rings is 2. The van der Waals surface area contributed by atoms with Gasteiger partial charge in [0.25, 0.3) is 0 Å². The van der Waals surface area contributed by atoms with E-state index in [0.29, 0.717) is 6.04 Å². The number of hydrogen-bond donors (Lipinski definition) is 0. The van der Waals surface area contributed by atoms with Crippen LogP contribution in [0, 0.1) is 5.41 Å². The van der Waals surface area contributed by atoms with Crippen molar-refractivity contribution in [1.29, 1.82) is 0 Å². The Hall–Kier alpha value is -2.06. The summed E-state index contributed by atoms with van der Waals surface area (Å²) >= 11 is 0. The lowest BCUT2D eigenvalue weighted by Crippen LogP contribution is -2.36. The van der Waals surface area contributed by atoms with Gasteiger partial charge < -0.3 is 0 Å². The number of para-hydroxylation sites is 1. The fourth-order valence-electron chi connectivity index (χ4n) is 3.55. The Morgan fingerprint density at radius 2 is 1.77 bits per heavy atom. The lowest BCUT2D eigenvalue weighted by Gasteiger charge is -2.26. The van der Waals surface area contributed by atoms with Crippen molar-refractivity contribution in [2.24, 2.45) is 5.41 Å². The molecule has 2 atom stereocenters. The highest BCUT2D eigenvalue weighted by Crippen LogP contribution is 2.48. The smallest absolute Gasteiger partial charge is 0.111 e. The van der Waals surface area contributed by atoms with E-state index in [1.165, 1.54) is 16.8 Å².